The quantitative estimate of drug-likeness (QED) is 0.401. The molecule has 0 bridgehead atoms. The molecule has 7 heteroatoms. The van der Waals surface area contributed by atoms with Crippen LogP contribution in [0.2, 0.25) is 0 Å². The first-order chi connectivity index (χ1) is 16.6. The Morgan fingerprint density at radius 1 is 0.886 bits per heavy atom. The molecule has 6 fully saturated rings. The molecule has 0 aromatic rings. The number of esters is 1. The van der Waals surface area contributed by atoms with Gasteiger partial charge in [-0.1, -0.05) is 13.8 Å². The highest BCUT2D eigenvalue weighted by molar-refractivity contribution is 5.72. The number of hydrogen-bond acceptors (Lipinski definition) is 7. The van der Waals surface area contributed by atoms with Gasteiger partial charge in [-0.25, -0.2) is 0 Å². The maximum atomic E-state index is 12.1. The van der Waals surface area contributed by atoms with Crippen molar-refractivity contribution in [2.75, 3.05) is 0 Å². The number of rotatable bonds is 2. The van der Waals surface area contributed by atoms with Crippen LogP contribution in [0, 0.1) is 34.5 Å². The van der Waals surface area contributed by atoms with Crippen molar-refractivity contribution in [3.63, 3.8) is 0 Å². The summed E-state index contributed by atoms with van der Waals surface area (Å²) in [5, 5.41) is 30.6. The summed E-state index contributed by atoms with van der Waals surface area (Å²) in [5.74, 6) is 2.67. The predicted octanol–water partition coefficient (Wildman–Crippen LogP) is 3.32. The second kappa shape index (κ2) is 8.39. The summed E-state index contributed by atoms with van der Waals surface area (Å²) in [5.41, 5.74) is 0.209. The molecule has 198 valence electrons. The fourth-order valence-corrected chi connectivity index (χ4v) is 9.95. The van der Waals surface area contributed by atoms with Crippen molar-refractivity contribution in [1.29, 1.82) is 0 Å². The van der Waals surface area contributed by atoms with Crippen molar-refractivity contribution in [3.05, 3.63) is 0 Å². The smallest absolute Gasteiger partial charge is 0.306 e. The Bertz CT molecular complexity index is 849. The molecule has 1 spiro atoms. The fourth-order valence-electron chi connectivity index (χ4n) is 9.95. The van der Waals surface area contributed by atoms with Crippen LogP contribution in [0.1, 0.15) is 91.4 Å². The van der Waals surface area contributed by atoms with Gasteiger partial charge in [-0.15, -0.1) is 0 Å². The zero-order chi connectivity index (χ0) is 24.8. The fraction of sp³-hybridized carbons (Fsp3) is 0.964. The van der Waals surface area contributed by atoms with E-state index in [1.165, 1.54) is 25.7 Å². The van der Waals surface area contributed by atoms with E-state index in [1.54, 1.807) is 6.92 Å². The third kappa shape index (κ3) is 3.51. The first kappa shape index (κ1) is 24.6. The van der Waals surface area contributed by atoms with Crippen LogP contribution in [-0.4, -0.2) is 63.7 Å². The molecule has 2 saturated heterocycles. The van der Waals surface area contributed by atoms with Gasteiger partial charge in [0.1, 0.15) is 23.9 Å². The van der Waals surface area contributed by atoms with E-state index in [2.05, 4.69) is 13.8 Å². The molecule has 2 heterocycles. The predicted molar refractivity (Wildman–Crippen MR) is 127 cm³/mol. The van der Waals surface area contributed by atoms with Crippen LogP contribution >= 0.6 is 0 Å². The minimum Gasteiger partial charge on any atom is -0.458 e. The molecule has 7 nitrogen and oxygen atoms in total. The SMILES string of the molecule is C[C@@H]1O[C@@H](O[C@H]2CC[C@@]3(C)[C@H](CC[C@@H]4[C@@H]3CC[C@@]3(C)[C@H]4CC[C@@]34CCC(=O)O4)C2)[C@H](O)[C@H](O)[C@H]1O. The molecular formula is C28H44O7. The summed E-state index contributed by atoms with van der Waals surface area (Å²) >= 11 is 0. The van der Waals surface area contributed by atoms with Crippen LogP contribution in [-0.2, 0) is 19.0 Å². The summed E-state index contributed by atoms with van der Waals surface area (Å²) in [6.45, 7) is 6.65. The van der Waals surface area contributed by atoms with Gasteiger partial charge >= 0.3 is 5.97 Å². The van der Waals surface area contributed by atoms with Gasteiger partial charge < -0.3 is 29.5 Å². The minimum atomic E-state index is -1.25. The van der Waals surface area contributed by atoms with Crippen molar-refractivity contribution in [1.82, 2.24) is 0 Å². The molecule has 6 aliphatic rings. The van der Waals surface area contributed by atoms with E-state index in [4.69, 9.17) is 14.2 Å². The molecule has 4 aliphatic carbocycles. The molecular weight excluding hydrogens is 448 g/mol. The molecule has 2 aliphatic heterocycles. The minimum absolute atomic E-state index is 0.000394. The number of hydrogen-bond donors (Lipinski definition) is 3. The molecule has 3 N–H and O–H groups in total. The average Bonchev–Trinajstić information content (AvgIpc) is 3.36. The lowest BCUT2D eigenvalue weighted by molar-refractivity contribution is -0.309. The highest BCUT2D eigenvalue weighted by Crippen LogP contribution is 2.70. The van der Waals surface area contributed by atoms with Crippen molar-refractivity contribution in [3.8, 4) is 0 Å². The third-order valence-electron chi connectivity index (χ3n) is 12.1. The van der Waals surface area contributed by atoms with Crippen LogP contribution in [0.15, 0.2) is 0 Å². The summed E-state index contributed by atoms with van der Waals surface area (Å²) in [4.78, 5) is 12.1. The lowest BCUT2D eigenvalue weighted by Crippen LogP contribution is -2.59. The van der Waals surface area contributed by atoms with Crippen LogP contribution in [0.5, 0.6) is 0 Å². The maximum absolute atomic E-state index is 12.1. The van der Waals surface area contributed by atoms with Crippen molar-refractivity contribution in [2.24, 2.45) is 34.5 Å². The Hall–Kier alpha value is -0.730. The number of ether oxygens (including phenoxy) is 3. The van der Waals surface area contributed by atoms with Gasteiger partial charge in [-0.3, -0.25) is 4.79 Å². The first-order valence-electron chi connectivity index (χ1n) is 14.1. The number of aliphatic hydroxyl groups is 3. The maximum Gasteiger partial charge on any atom is 0.306 e. The number of aliphatic hydroxyl groups excluding tert-OH is 3. The Morgan fingerprint density at radius 3 is 2.40 bits per heavy atom. The summed E-state index contributed by atoms with van der Waals surface area (Å²) < 4.78 is 18.0. The zero-order valence-electron chi connectivity index (χ0n) is 21.5. The lowest BCUT2D eigenvalue weighted by Gasteiger charge is -2.61. The molecule has 0 aromatic heterocycles. The summed E-state index contributed by atoms with van der Waals surface area (Å²) in [6.07, 6.45) is 6.50. The van der Waals surface area contributed by atoms with E-state index in [0.717, 1.165) is 38.5 Å². The van der Waals surface area contributed by atoms with Crippen molar-refractivity contribution < 1.29 is 34.3 Å². The van der Waals surface area contributed by atoms with E-state index >= 15 is 0 Å². The molecule has 6 rings (SSSR count). The van der Waals surface area contributed by atoms with Crippen molar-refractivity contribution >= 4 is 5.97 Å². The van der Waals surface area contributed by atoms with Crippen molar-refractivity contribution in [2.45, 2.75) is 134 Å². The molecule has 0 aromatic carbocycles. The Balaban J connectivity index is 1.14. The van der Waals surface area contributed by atoms with E-state index in [9.17, 15) is 20.1 Å². The number of carbonyl (C=O) groups is 1. The van der Waals surface area contributed by atoms with Gasteiger partial charge in [0.05, 0.1) is 12.2 Å². The van der Waals surface area contributed by atoms with Gasteiger partial charge in [-0.2, -0.15) is 0 Å². The van der Waals surface area contributed by atoms with Gasteiger partial charge in [0.15, 0.2) is 6.29 Å². The zero-order valence-corrected chi connectivity index (χ0v) is 21.5. The standard InChI is InChI=1S/C28H44O7/c1-15-22(30)23(31)24(32)25(33-15)34-17-6-10-26(2)16(14-17)4-5-18-19(26)7-11-27(3)20(18)8-12-28(27)13-9-21(29)35-28/h15-20,22-25,30-32H,4-14H2,1-3H3/t15-,16+,17-,18+,19-,20-,22-,23+,24+,25-,26-,27-,28+/m0/s1. The normalized spacial score (nSPS) is 57.9. The number of fused-ring (bicyclic) bond motifs is 6. The van der Waals surface area contributed by atoms with Gasteiger partial charge in [0, 0.05) is 11.8 Å². The third-order valence-corrected chi connectivity index (χ3v) is 12.1. The van der Waals surface area contributed by atoms with E-state index < -0.39 is 30.7 Å². The summed E-state index contributed by atoms with van der Waals surface area (Å²) in [6, 6.07) is 0. The second-order valence-electron chi connectivity index (χ2n) is 13.3. The Kier molecular flexibility index (Phi) is 5.89. The van der Waals surface area contributed by atoms with E-state index in [-0.39, 0.29) is 23.1 Å². The number of carbonyl (C=O) groups excluding carboxylic acids is 1. The monoisotopic (exact) mass is 492 g/mol. The van der Waals surface area contributed by atoms with Gasteiger partial charge in [-0.05, 0) is 100 Å². The highest BCUT2D eigenvalue weighted by Gasteiger charge is 2.67. The lowest BCUT2D eigenvalue weighted by atomic mass is 9.44. The molecule has 0 amide bonds. The van der Waals surface area contributed by atoms with Crippen LogP contribution < -0.4 is 0 Å². The second-order valence-corrected chi connectivity index (χ2v) is 13.3. The largest absolute Gasteiger partial charge is 0.458 e. The van der Waals surface area contributed by atoms with Crippen LogP contribution in [0.4, 0.5) is 0 Å². The van der Waals surface area contributed by atoms with Gasteiger partial charge in [0.2, 0.25) is 0 Å². The molecule has 13 atom stereocenters. The highest BCUT2D eigenvalue weighted by atomic mass is 16.7. The molecule has 35 heavy (non-hydrogen) atoms. The molecule has 0 unspecified atom stereocenters. The molecule has 0 radical (unpaired) electrons. The Labute approximate surface area is 208 Å². The summed E-state index contributed by atoms with van der Waals surface area (Å²) in [7, 11) is 0. The van der Waals surface area contributed by atoms with Crippen LogP contribution in [0.25, 0.3) is 0 Å². The molecule has 4 saturated carbocycles. The van der Waals surface area contributed by atoms with E-state index in [1.807, 2.05) is 0 Å². The van der Waals surface area contributed by atoms with Crippen LogP contribution in [0.3, 0.4) is 0 Å². The Morgan fingerprint density at radius 2 is 1.66 bits per heavy atom. The first-order valence-corrected chi connectivity index (χ1v) is 14.1. The topological polar surface area (TPSA) is 105 Å². The van der Waals surface area contributed by atoms with E-state index in [0.29, 0.717) is 35.5 Å². The average molecular weight is 493 g/mol. The van der Waals surface area contributed by atoms with Gasteiger partial charge in [0.25, 0.3) is 0 Å².